The van der Waals surface area contributed by atoms with Crippen LogP contribution < -0.4 is 15.6 Å². The Morgan fingerprint density at radius 2 is 2.12 bits per heavy atom. The third-order valence-electron chi connectivity index (χ3n) is 3.73. The van der Waals surface area contributed by atoms with Gasteiger partial charge in [-0.1, -0.05) is 18.7 Å². The SMILES string of the molecule is CCC(C)NC(=O)CSc1nc(-c2ccc(OC)cc2)c(C#N)c(=O)[nH]1. The van der Waals surface area contributed by atoms with Gasteiger partial charge in [0.2, 0.25) is 5.91 Å². The maximum atomic E-state index is 12.2. The molecule has 0 saturated carbocycles. The van der Waals surface area contributed by atoms with Gasteiger partial charge in [-0.2, -0.15) is 5.26 Å². The highest BCUT2D eigenvalue weighted by Gasteiger charge is 2.15. The number of hydrogen-bond acceptors (Lipinski definition) is 6. The molecular weight excluding hydrogens is 352 g/mol. The van der Waals surface area contributed by atoms with E-state index in [1.807, 2.05) is 19.9 Å². The predicted molar refractivity (Wildman–Crippen MR) is 100 cm³/mol. The normalized spacial score (nSPS) is 11.5. The van der Waals surface area contributed by atoms with Gasteiger partial charge < -0.3 is 15.0 Å². The smallest absolute Gasteiger partial charge is 0.270 e. The van der Waals surface area contributed by atoms with Crippen LogP contribution in [0.4, 0.5) is 0 Å². The summed E-state index contributed by atoms with van der Waals surface area (Å²) in [6, 6.07) is 8.89. The summed E-state index contributed by atoms with van der Waals surface area (Å²) in [4.78, 5) is 31.0. The van der Waals surface area contributed by atoms with Crippen molar-refractivity contribution in [3.8, 4) is 23.1 Å². The van der Waals surface area contributed by atoms with Gasteiger partial charge in [0, 0.05) is 11.6 Å². The van der Waals surface area contributed by atoms with Gasteiger partial charge in [0.25, 0.3) is 5.56 Å². The summed E-state index contributed by atoms with van der Waals surface area (Å²) < 4.78 is 5.11. The van der Waals surface area contributed by atoms with Crippen molar-refractivity contribution in [3.05, 3.63) is 40.2 Å². The van der Waals surface area contributed by atoms with Gasteiger partial charge in [0.1, 0.15) is 17.4 Å². The van der Waals surface area contributed by atoms with E-state index >= 15 is 0 Å². The van der Waals surface area contributed by atoms with Gasteiger partial charge in [-0.3, -0.25) is 9.59 Å². The average Bonchev–Trinajstić information content (AvgIpc) is 2.65. The van der Waals surface area contributed by atoms with E-state index in [9.17, 15) is 14.9 Å². The van der Waals surface area contributed by atoms with E-state index in [1.165, 1.54) is 0 Å². The number of rotatable bonds is 7. The molecule has 2 N–H and O–H groups in total. The molecule has 1 unspecified atom stereocenters. The fourth-order valence-electron chi connectivity index (χ4n) is 2.13. The molecule has 1 atom stereocenters. The monoisotopic (exact) mass is 372 g/mol. The van der Waals surface area contributed by atoms with Crippen molar-refractivity contribution in [2.75, 3.05) is 12.9 Å². The van der Waals surface area contributed by atoms with Gasteiger partial charge >= 0.3 is 0 Å². The van der Waals surface area contributed by atoms with Gasteiger partial charge in [-0.05, 0) is 37.6 Å². The molecule has 136 valence electrons. The molecule has 1 heterocycles. The lowest BCUT2D eigenvalue weighted by atomic mass is 10.1. The first-order valence-electron chi connectivity index (χ1n) is 8.09. The minimum Gasteiger partial charge on any atom is -0.497 e. The molecule has 0 aliphatic heterocycles. The number of carbonyl (C=O) groups is 1. The van der Waals surface area contributed by atoms with Gasteiger partial charge in [-0.15, -0.1) is 0 Å². The Bertz CT molecular complexity index is 871. The number of H-pyrrole nitrogens is 1. The van der Waals surface area contributed by atoms with Crippen LogP contribution in [0.15, 0.2) is 34.2 Å². The zero-order chi connectivity index (χ0) is 19.1. The molecular formula is C18H20N4O3S. The fourth-order valence-corrected chi connectivity index (χ4v) is 2.81. The molecule has 0 radical (unpaired) electrons. The summed E-state index contributed by atoms with van der Waals surface area (Å²) in [6.45, 7) is 3.91. The number of methoxy groups -OCH3 is 1. The Morgan fingerprint density at radius 1 is 1.42 bits per heavy atom. The summed E-state index contributed by atoms with van der Waals surface area (Å²) in [6.07, 6.45) is 0.837. The molecule has 0 saturated heterocycles. The zero-order valence-corrected chi connectivity index (χ0v) is 15.6. The Balaban J connectivity index is 2.27. The molecule has 7 nitrogen and oxygen atoms in total. The predicted octanol–water partition coefficient (Wildman–Crippen LogP) is 2.32. The van der Waals surface area contributed by atoms with E-state index in [1.54, 1.807) is 31.4 Å². The van der Waals surface area contributed by atoms with E-state index in [2.05, 4.69) is 15.3 Å². The van der Waals surface area contributed by atoms with Crippen LogP contribution in [0.2, 0.25) is 0 Å². The van der Waals surface area contributed by atoms with E-state index in [-0.39, 0.29) is 29.0 Å². The van der Waals surface area contributed by atoms with E-state index < -0.39 is 5.56 Å². The minimum absolute atomic E-state index is 0.0661. The summed E-state index contributed by atoms with van der Waals surface area (Å²) in [5, 5.41) is 12.4. The first-order valence-corrected chi connectivity index (χ1v) is 9.08. The third-order valence-corrected chi connectivity index (χ3v) is 4.61. The molecule has 0 aliphatic rings. The van der Waals surface area contributed by atoms with Crippen LogP contribution in [0.1, 0.15) is 25.8 Å². The highest BCUT2D eigenvalue weighted by molar-refractivity contribution is 7.99. The fraction of sp³-hybridized carbons (Fsp3) is 0.333. The summed E-state index contributed by atoms with van der Waals surface area (Å²) >= 11 is 1.12. The standard InChI is InChI=1S/C18H20N4O3S/c1-4-11(2)20-15(23)10-26-18-21-16(14(9-19)17(24)22-18)12-5-7-13(25-3)8-6-12/h5-8,11H,4,10H2,1-3H3,(H,20,23)(H,21,22,24). The Kier molecular flexibility index (Phi) is 6.81. The topological polar surface area (TPSA) is 108 Å². The maximum absolute atomic E-state index is 12.2. The number of benzene rings is 1. The molecule has 0 aliphatic carbocycles. The summed E-state index contributed by atoms with van der Waals surface area (Å²) in [7, 11) is 1.56. The largest absolute Gasteiger partial charge is 0.497 e. The number of nitrogens with zero attached hydrogens (tertiary/aromatic N) is 2. The highest BCUT2D eigenvalue weighted by atomic mass is 32.2. The molecule has 26 heavy (non-hydrogen) atoms. The van der Waals surface area contributed by atoms with Crippen molar-refractivity contribution in [2.45, 2.75) is 31.5 Å². The van der Waals surface area contributed by atoms with Crippen LogP contribution in [-0.2, 0) is 4.79 Å². The first kappa shape index (κ1) is 19.5. The number of aromatic amines is 1. The molecule has 0 spiro atoms. The number of ether oxygens (including phenoxy) is 1. The van der Waals surface area contributed by atoms with Crippen LogP contribution in [0.5, 0.6) is 5.75 Å². The number of aromatic nitrogens is 2. The van der Waals surface area contributed by atoms with Crippen LogP contribution in [0.25, 0.3) is 11.3 Å². The number of amides is 1. The maximum Gasteiger partial charge on any atom is 0.270 e. The molecule has 0 bridgehead atoms. The van der Waals surface area contributed by atoms with Gasteiger partial charge in [-0.25, -0.2) is 4.98 Å². The molecule has 2 aromatic rings. The van der Waals surface area contributed by atoms with Crippen LogP contribution >= 0.6 is 11.8 Å². The Morgan fingerprint density at radius 3 is 2.69 bits per heavy atom. The van der Waals surface area contributed by atoms with Crippen molar-refractivity contribution < 1.29 is 9.53 Å². The molecule has 2 rings (SSSR count). The Hall–Kier alpha value is -2.79. The summed E-state index contributed by atoms with van der Waals surface area (Å²) in [5.74, 6) is 0.650. The Labute approximate surface area is 155 Å². The van der Waals surface area contributed by atoms with Crippen molar-refractivity contribution in [1.82, 2.24) is 15.3 Å². The van der Waals surface area contributed by atoms with Gasteiger partial charge in [0.05, 0.1) is 18.6 Å². The number of nitriles is 1. The summed E-state index contributed by atoms with van der Waals surface area (Å²) in [5.41, 5.74) is 0.310. The molecule has 1 amide bonds. The lowest BCUT2D eigenvalue weighted by Gasteiger charge is -2.11. The highest BCUT2D eigenvalue weighted by Crippen LogP contribution is 2.24. The quantitative estimate of drug-likeness (QED) is 0.570. The first-order chi connectivity index (χ1) is 12.5. The van der Waals surface area contributed by atoms with Crippen LogP contribution in [0, 0.1) is 11.3 Å². The number of nitrogens with one attached hydrogen (secondary N) is 2. The second-order valence-electron chi connectivity index (χ2n) is 5.60. The van der Waals surface area contributed by atoms with E-state index in [4.69, 9.17) is 4.74 Å². The lowest BCUT2D eigenvalue weighted by molar-refractivity contribution is -0.119. The molecule has 8 heteroatoms. The van der Waals surface area contributed by atoms with Crippen LogP contribution in [-0.4, -0.2) is 34.8 Å². The second-order valence-corrected chi connectivity index (χ2v) is 6.56. The van der Waals surface area contributed by atoms with Crippen molar-refractivity contribution in [1.29, 1.82) is 5.26 Å². The zero-order valence-electron chi connectivity index (χ0n) is 14.8. The van der Waals surface area contributed by atoms with Gasteiger partial charge in [0.15, 0.2) is 5.16 Å². The molecule has 1 aromatic heterocycles. The van der Waals surface area contributed by atoms with Crippen LogP contribution in [0.3, 0.4) is 0 Å². The molecule has 0 fully saturated rings. The third kappa shape index (κ3) is 4.86. The number of carbonyl (C=O) groups excluding carboxylic acids is 1. The second kappa shape index (κ2) is 9.06. The van der Waals surface area contributed by atoms with Crippen molar-refractivity contribution in [2.24, 2.45) is 0 Å². The minimum atomic E-state index is -0.529. The average molecular weight is 372 g/mol. The number of thioether (sulfide) groups is 1. The van der Waals surface area contributed by atoms with Crippen molar-refractivity contribution in [3.63, 3.8) is 0 Å². The van der Waals surface area contributed by atoms with E-state index in [0.717, 1.165) is 18.2 Å². The lowest BCUT2D eigenvalue weighted by Crippen LogP contribution is -2.33. The molecule has 1 aromatic carbocycles. The number of hydrogen-bond donors (Lipinski definition) is 2. The van der Waals surface area contributed by atoms with E-state index in [0.29, 0.717) is 16.5 Å². The van der Waals surface area contributed by atoms with Crippen molar-refractivity contribution >= 4 is 17.7 Å².